The molecule has 0 spiro atoms. The lowest BCUT2D eigenvalue weighted by Crippen LogP contribution is -2.06. The standard InChI is InChI=1S/C13H11F3N4/c1-2-20-8-11(7-18-20)19-12-4-3-10(13(14,15)16)5-9(12)6-17/h3-5,7-8,19H,2H2,1H3. The average Bonchev–Trinajstić information content (AvgIpc) is 2.85. The van der Waals surface area contributed by atoms with Crippen LogP contribution in [0.25, 0.3) is 0 Å². The van der Waals surface area contributed by atoms with Crippen molar-refractivity contribution in [2.45, 2.75) is 19.6 Å². The fourth-order valence-electron chi connectivity index (χ4n) is 1.68. The fourth-order valence-corrected chi connectivity index (χ4v) is 1.68. The Labute approximate surface area is 113 Å². The second-order valence-corrected chi connectivity index (χ2v) is 4.08. The number of halogens is 3. The van der Waals surface area contributed by atoms with Crippen LogP contribution in [0, 0.1) is 11.3 Å². The molecule has 0 saturated carbocycles. The van der Waals surface area contributed by atoms with E-state index in [9.17, 15) is 13.2 Å². The van der Waals surface area contributed by atoms with Crippen molar-refractivity contribution in [3.05, 3.63) is 41.7 Å². The van der Waals surface area contributed by atoms with Crippen LogP contribution in [-0.4, -0.2) is 9.78 Å². The molecule has 0 atom stereocenters. The van der Waals surface area contributed by atoms with E-state index in [1.807, 2.05) is 6.92 Å². The van der Waals surface area contributed by atoms with Gasteiger partial charge in [0.05, 0.1) is 28.7 Å². The van der Waals surface area contributed by atoms with Crippen LogP contribution in [0.5, 0.6) is 0 Å². The average molecular weight is 280 g/mol. The molecule has 0 aliphatic rings. The zero-order valence-electron chi connectivity index (χ0n) is 10.6. The van der Waals surface area contributed by atoms with Gasteiger partial charge in [-0.25, -0.2) is 0 Å². The Kier molecular flexibility index (Phi) is 3.66. The first-order valence-electron chi connectivity index (χ1n) is 5.85. The lowest BCUT2D eigenvalue weighted by atomic mass is 10.1. The SMILES string of the molecule is CCn1cc(Nc2ccc(C(F)(F)F)cc2C#N)cn1. The van der Waals surface area contributed by atoms with E-state index in [2.05, 4.69) is 10.4 Å². The molecule has 4 nitrogen and oxygen atoms in total. The maximum Gasteiger partial charge on any atom is 0.416 e. The Balaban J connectivity index is 2.31. The first-order chi connectivity index (χ1) is 9.44. The van der Waals surface area contributed by atoms with E-state index < -0.39 is 11.7 Å². The molecule has 0 fully saturated rings. The summed E-state index contributed by atoms with van der Waals surface area (Å²) in [6.07, 6.45) is -1.21. The molecule has 0 bridgehead atoms. The highest BCUT2D eigenvalue weighted by atomic mass is 19.4. The molecule has 104 valence electrons. The number of nitrogens with zero attached hydrogens (tertiary/aromatic N) is 3. The number of benzene rings is 1. The first-order valence-corrected chi connectivity index (χ1v) is 5.85. The van der Waals surface area contributed by atoms with Crippen LogP contribution in [0.2, 0.25) is 0 Å². The molecule has 0 radical (unpaired) electrons. The number of nitrogens with one attached hydrogen (secondary N) is 1. The van der Waals surface area contributed by atoms with Gasteiger partial charge in [-0.3, -0.25) is 4.68 Å². The van der Waals surface area contributed by atoms with Crippen LogP contribution >= 0.6 is 0 Å². The van der Waals surface area contributed by atoms with Gasteiger partial charge in [0.2, 0.25) is 0 Å². The maximum atomic E-state index is 12.6. The van der Waals surface area contributed by atoms with Gasteiger partial charge in [0, 0.05) is 12.7 Å². The summed E-state index contributed by atoms with van der Waals surface area (Å²) in [4.78, 5) is 0. The van der Waals surface area contributed by atoms with Crippen LogP contribution < -0.4 is 5.32 Å². The molecule has 0 aliphatic carbocycles. The number of alkyl halides is 3. The van der Waals surface area contributed by atoms with Gasteiger partial charge in [0.25, 0.3) is 0 Å². The van der Waals surface area contributed by atoms with Gasteiger partial charge >= 0.3 is 6.18 Å². The minimum absolute atomic E-state index is 0.0657. The number of aromatic nitrogens is 2. The van der Waals surface area contributed by atoms with Crippen LogP contribution in [0.3, 0.4) is 0 Å². The summed E-state index contributed by atoms with van der Waals surface area (Å²) in [7, 11) is 0. The van der Waals surface area contributed by atoms with E-state index in [0.717, 1.165) is 12.1 Å². The number of hydrogen-bond acceptors (Lipinski definition) is 3. The number of anilines is 2. The van der Waals surface area contributed by atoms with Crippen molar-refractivity contribution in [2.75, 3.05) is 5.32 Å². The van der Waals surface area contributed by atoms with E-state index >= 15 is 0 Å². The number of nitriles is 1. The molecule has 0 saturated heterocycles. The molecule has 1 aromatic heterocycles. The van der Waals surface area contributed by atoms with Gasteiger partial charge in [0.15, 0.2) is 0 Å². The highest BCUT2D eigenvalue weighted by molar-refractivity contribution is 5.66. The summed E-state index contributed by atoms with van der Waals surface area (Å²) in [5, 5.41) is 15.9. The summed E-state index contributed by atoms with van der Waals surface area (Å²) < 4.78 is 39.4. The number of rotatable bonds is 3. The molecule has 20 heavy (non-hydrogen) atoms. The largest absolute Gasteiger partial charge is 0.416 e. The van der Waals surface area contributed by atoms with Gasteiger partial charge in [0.1, 0.15) is 6.07 Å². The minimum atomic E-state index is -4.46. The van der Waals surface area contributed by atoms with Crippen molar-refractivity contribution in [2.24, 2.45) is 0 Å². The van der Waals surface area contributed by atoms with Crippen molar-refractivity contribution >= 4 is 11.4 Å². The van der Waals surface area contributed by atoms with Gasteiger partial charge < -0.3 is 5.32 Å². The van der Waals surface area contributed by atoms with E-state index in [1.165, 1.54) is 6.07 Å². The van der Waals surface area contributed by atoms with Crippen LogP contribution in [0.4, 0.5) is 24.5 Å². The summed E-state index contributed by atoms with van der Waals surface area (Å²) in [6, 6.07) is 4.76. The summed E-state index contributed by atoms with van der Waals surface area (Å²) in [6.45, 7) is 2.59. The molecule has 1 N–H and O–H groups in total. The predicted octanol–water partition coefficient (Wildman–Crippen LogP) is 3.54. The highest BCUT2D eigenvalue weighted by Crippen LogP contribution is 2.32. The van der Waals surface area contributed by atoms with Gasteiger partial charge in [-0.2, -0.15) is 23.5 Å². The number of hydrogen-bond donors (Lipinski definition) is 1. The monoisotopic (exact) mass is 280 g/mol. The van der Waals surface area contributed by atoms with E-state index in [-0.39, 0.29) is 5.56 Å². The highest BCUT2D eigenvalue weighted by Gasteiger charge is 2.31. The Morgan fingerprint density at radius 2 is 2.15 bits per heavy atom. The van der Waals surface area contributed by atoms with Crippen molar-refractivity contribution in [1.82, 2.24) is 9.78 Å². The third-order valence-corrected chi connectivity index (χ3v) is 2.70. The second kappa shape index (κ2) is 5.25. The molecule has 2 rings (SSSR count). The molecular formula is C13H11F3N4. The van der Waals surface area contributed by atoms with Crippen LogP contribution in [0.1, 0.15) is 18.1 Å². The van der Waals surface area contributed by atoms with E-state index in [0.29, 0.717) is 17.9 Å². The second-order valence-electron chi connectivity index (χ2n) is 4.08. The van der Waals surface area contributed by atoms with Gasteiger partial charge in [-0.05, 0) is 25.1 Å². The summed E-state index contributed by atoms with van der Waals surface area (Å²) >= 11 is 0. The Hall–Kier alpha value is -2.49. The van der Waals surface area contributed by atoms with Crippen molar-refractivity contribution in [3.8, 4) is 6.07 Å². The lowest BCUT2D eigenvalue weighted by Gasteiger charge is -2.10. The Morgan fingerprint density at radius 3 is 2.70 bits per heavy atom. The minimum Gasteiger partial charge on any atom is -0.352 e. The van der Waals surface area contributed by atoms with Crippen molar-refractivity contribution in [1.29, 1.82) is 5.26 Å². The van der Waals surface area contributed by atoms with E-state index in [4.69, 9.17) is 5.26 Å². The van der Waals surface area contributed by atoms with Crippen LogP contribution in [0.15, 0.2) is 30.6 Å². The molecule has 1 heterocycles. The van der Waals surface area contributed by atoms with E-state index in [1.54, 1.807) is 23.1 Å². The number of aryl methyl sites for hydroxylation is 1. The fraction of sp³-hybridized carbons (Fsp3) is 0.231. The molecule has 7 heteroatoms. The molecular weight excluding hydrogens is 269 g/mol. The molecule has 0 aliphatic heterocycles. The molecule has 0 amide bonds. The van der Waals surface area contributed by atoms with Crippen molar-refractivity contribution < 1.29 is 13.2 Å². The quantitative estimate of drug-likeness (QED) is 0.935. The zero-order chi connectivity index (χ0) is 14.8. The Morgan fingerprint density at radius 1 is 1.40 bits per heavy atom. The van der Waals surface area contributed by atoms with Crippen LogP contribution in [-0.2, 0) is 12.7 Å². The van der Waals surface area contributed by atoms with Gasteiger partial charge in [-0.1, -0.05) is 0 Å². The maximum absolute atomic E-state index is 12.6. The zero-order valence-corrected chi connectivity index (χ0v) is 10.6. The third-order valence-electron chi connectivity index (χ3n) is 2.70. The summed E-state index contributed by atoms with van der Waals surface area (Å²) in [5.74, 6) is 0. The van der Waals surface area contributed by atoms with Crippen molar-refractivity contribution in [3.63, 3.8) is 0 Å². The molecule has 0 unspecified atom stereocenters. The van der Waals surface area contributed by atoms with Gasteiger partial charge in [-0.15, -0.1) is 0 Å². The Bertz CT molecular complexity index is 652. The third kappa shape index (κ3) is 2.91. The summed E-state index contributed by atoms with van der Waals surface area (Å²) in [5.41, 5.74) is 0.0205. The topological polar surface area (TPSA) is 53.6 Å². The normalized spacial score (nSPS) is 11.2. The lowest BCUT2D eigenvalue weighted by molar-refractivity contribution is -0.137. The first kappa shape index (κ1) is 13.9. The predicted molar refractivity (Wildman–Crippen MR) is 67.3 cm³/mol. The molecule has 2 aromatic rings. The smallest absolute Gasteiger partial charge is 0.352 e. The molecule has 1 aromatic carbocycles.